The summed E-state index contributed by atoms with van der Waals surface area (Å²) in [5.74, 6) is 0.702. The Hall–Kier alpha value is -2.62. The Kier molecular flexibility index (Phi) is 3.69. The van der Waals surface area contributed by atoms with Gasteiger partial charge in [0.1, 0.15) is 5.82 Å². The van der Waals surface area contributed by atoms with Gasteiger partial charge in [0.25, 0.3) is 0 Å². The Morgan fingerprint density at radius 3 is 2.62 bits per heavy atom. The van der Waals surface area contributed by atoms with E-state index in [9.17, 15) is 4.79 Å². The first-order valence-corrected chi connectivity index (χ1v) is 7.02. The first-order valence-electron chi connectivity index (χ1n) is 7.02. The predicted octanol–water partition coefficient (Wildman–Crippen LogP) is 3.15. The lowest BCUT2D eigenvalue weighted by molar-refractivity contribution is 0.243. The number of aryl methyl sites for hydroxylation is 1. The SMILES string of the molecule is Cc1nc2ccccc2n1C(=O)NCCc1ccccc1. The summed E-state index contributed by atoms with van der Waals surface area (Å²) in [7, 11) is 0. The summed E-state index contributed by atoms with van der Waals surface area (Å²) in [5, 5.41) is 2.95. The molecule has 106 valence electrons. The van der Waals surface area contributed by atoms with E-state index in [-0.39, 0.29) is 6.03 Å². The number of hydrogen-bond donors (Lipinski definition) is 1. The Balaban J connectivity index is 1.71. The van der Waals surface area contributed by atoms with E-state index in [2.05, 4.69) is 22.4 Å². The lowest BCUT2D eigenvalue weighted by atomic mass is 10.1. The second-order valence-corrected chi connectivity index (χ2v) is 4.95. The highest BCUT2D eigenvalue weighted by Gasteiger charge is 2.12. The number of aromatic nitrogens is 2. The fourth-order valence-corrected chi connectivity index (χ4v) is 2.44. The van der Waals surface area contributed by atoms with Crippen LogP contribution in [0.25, 0.3) is 11.0 Å². The molecule has 1 N–H and O–H groups in total. The number of imidazole rings is 1. The highest BCUT2D eigenvalue weighted by atomic mass is 16.2. The second-order valence-electron chi connectivity index (χ2n) is 4.95. The summed E-state index contributed by atoms with van der Waals surface area (Å²) in [6.45, 7) is 2.45. The third-order valence-electron chi connectivity index (χ3n) is 3.46. The van der Waals surface area contributed by atoms with E-state index in [0.29, 0.717) is 12.4 Å². The van der Waals surface area contributed by atoms with Crippen molar-refractivity contribution in [2.75, 3.05) is 6.54 Å². The minimum atomic E-state index is -0.128. The zero-order valence-electron chi connectivity index (χ0n) is 11.9. The molecule has 21 heavy (non-hydrogen) atoms. The minimum Gasteiger partial charge on any atom is -0.337 e. The Morgan fingerprint density at radius 2 is 1.81 bits per heavy atom. The molecule has 0 fully saturated rings. The Morgan fingerprint density at radius 1 is 1.10 bits per heavy atom. The second kappa shape index (κ2) is 5.79. The molecule has 3 aromatic rings. The third-order valence-corrected chi connectivity index (χ3v) is 3.46. The molecule has 3 rings (SSSR count). The lowest BCUT2D eigenvalue weighted by Crippen LogP contribution is -2.30. The molecule has 0 saturated heterocycles. The van der Waals surface area contributed by atoms with Crippen molar-refractivity contribution >= 4 is 17.1 Å². The predicted molar refractivity (Wildman–Crippen MR) is 83.4 cm³/mol. The molecule has 0 saturated carbocycles. The zero-order valence-corrected chi connectivity index (χ0v) is 11.9. The van der Waals surface area contributed by atoms with E-state index in [0.717, 1.165) is 17.5 Å². The molecule has 0 bridgehead atoms. The van der Waals surface area contributed by atoms with Crippen molar-refractivity contribution in [2.45, 2.75) is 13.3 Å². The average Bonchev–Trinajstić information content (AvgIpc) is 2.84. The molecular weight excluding hydrogens is 262 g/mol. The molecule has 2 aromatic carbocycles. The largest absolute Gasteiger partial charge is 0.337 e. The van der Waals surface area contributed by atoms with Gasteiger partial charge in [0.2, 0.25) is 0 Å². The first kappa shape index (κ1) is 13.4. The van der Waals surface area contributed by atoms with Gasteiger partial charge in [-0.3, -0.25) is 0 Å². The summed E-state index contributed by atoms with van der Waals surface area (Å²) in [6.07, 6.45) is 0.818. The number of benzene rings is 2. The van der Waals surface area contributed by atoms with Crippen molar-refractivity contribution < 1.29 is 4.79 Å². The van der Waals surface area contributed by atoms with Crippen molar-refractivity contribution in [1.29, 1.82) is 0 Å². The Bertz CT molecular complexity index is 762. The maximum Gasteiger partial charge on any atom is 0.327 e. The standard InChI is InChI=1S/C17H17N3O/c1-13-19-15-9-5-6-10-16(15)20(13)17(21)18-12-11-14-7-3-2-4-8-14/h2-10H,11-12H2,1H3,(H,18,21). The van der Waals surface area contributed by atoms with Crippen molar-refractivity contribution in [2.24, 2.45) is 0 Å². The van der Waals surface area contributed by atoms with Crippen LogP contribution in [0.5, 0.6) is 0 Å². The summed E-state index contributed by atoms with van der Waals surface area (Å²) in [6, 6.07) is 17.6. The molecule has 4 heteroatoms. The highest BCUT2D eigenvalue weighted by molar-refractivity contribution is 5.90. The van der Waals surface area contributed by atoms with E-state index in [1.807, 2.05) is 49.4 Å². The van der Waals surface area contributed by atoms with Crippen LogP contribution in [0.3, 0.4) is 0 Å². The fourth-order valence-electron chi connectivity index (χ4n) is 2.44. The minimum absolute atomic E-state index is 0.128. The first-order chi connectivity index (χ1) is 10.3. The van der Waals surface area contributed by atoms with Crippen LogP contribution in [-0.2, 0) is 6.42 Å². The fraction of sp³-hybridized carbons (Fsp3) is 0.176. The normalized spacial score (nSPS) is 10.7. The number of para-hydroxylation sites is 2. The molecule has 0 aliphatic heterocycles. The Labute approximate surface area is 123 Å². The molecule has 0 spiro atoms. The van der Waals surface area contributed by atoms with Gasteiger partial charge in [-0.2, -0.15) is 0 Å². The number of amides is 1. The van der Waals surface area contributed by atoms with Gasteiger partial charge < -0.3 is 5.32 Å². The molecule has 0 aliphatic carbocycles. The van der Waals surface area contributed by atoms with Gasteiger partial charge in [-0.25, -0.2) is 14.3 Å². The van der Waals surface area contributed by atoms with Crippen molar-refractivity contribution in [3.05, 3.63) is 66.0 Å². The number of carbonyl (C=O) groups excluding carboxylic acids is 1. The molecule has 1 aromatic heterocycles. The number of fused-ring (bicyclic) bond motifs is 1. The zero-order chi connectivity index (χ0) is 14.7. The van der Waals surface area contributed by atoms with Crippen LogP contribution < -0.4 is 5.32 Å². The van der Waals surface area contributed by atoms with Gasteiger partial charge in [0.15, 0.2) is 0 Å². The van der Waals surface area contributed by atoms with E-state index < -0.39 is 0 Å². The quantitative estimate of drug-likeness (QED) is 0.800. The third kappa shape index (κ3) is 2.79. The summed E-state index contributed by atoms with van der Waals surface area (Å²) >= 11 is 0. The molecule has 0 radical (unpaired) electrons. The number of rotatable bonds is 3. The molecule has 1 heterocycles. The highest BCUT2D eigenvalue weighted by Crippen LogP contribution is 2.14. The summed E-state index contributed by atoms with van der Waals surface area (Å²) in [4.78, 5) is 16.7. The van der Waals surface area contributed by atoms with Crippen molar-refractivity contribution in [1.82, 2.24) is 14.9 Å². The van der Waals surface area contributed by atoms with Crippen LogP contribution in [0.4, 0.5) is 4.79 Å². The van der Waals surface area contributed by atoms with Crippen molar-refractivity contribution in [3.8, 4) is 0 Å². The van der Waals surface area contributed by atoms with Gasteiger partial charge >= 0.3 is 6.03 Å². The van der Waals surface area contributed by atoms with Crippen LogP contribution >= 0.6 is 0 Å². The average molecular weight is 279 g/mol. The number of nitrogens with one attached hydrogen (secondary N) is 1. The van der Waals surface area contributed by atoms with Gasteiger partial charge in [-0.1, -0.05) is 42.5 Å². The van der Waals surface area contributed by atoms with Crippen molar-refractivity contribution in [3.63, 3.8) is 0 Å². The molecule has 0 unspecified atom stereocenters. The smallest absolute Gasteiger partial charge is 0.327 e. The number of carbonyl (C=O) groups is 1. The van der Waals surface area contributed by atoms with E-state index in [1.165, 1.54) is 5.56 Å². The molecule has 0 aliphatic rings. The van der Waals surface area contributed by atoms with Crippen LogP contribution in [0.15, 0.2) is 54.6 Å². The summed E-state index contributed by atoms with van der Waals surface area (Å²) in [5.41, 5.74) is 2.89. The maximum absolute atomic E-state index is 12.3. The summed E-state index contributed by atoms with van der Waals surface area (Å²) < 4.78 is 1.63. The molecule has 0 atom stereocenters. The van der Waals surface area contributed by atoms with E-state index in [1.54, 1.807) is 4.57 Å². The van der Waals surface area contributed by atoms with Gasteiger partial charge in [-0.15, -0.1) is 0 Å². The van der Waals surface area contributed by atoms with Crippen LogP contribution in [0, 0.1) is 6.92 Å². The monoisotopic (exact) mass is 279 g/mol. The maximum atomic E-state index is 12.3. The van der Waals surface area contributed by atoms with E-state index in [4.69, 9.17) is 0 Å². The lowest BCUT2D eigenvalue weighted by Gasteiger charge is -2.08. The molecule has 4 nitrogen and oxygen atoms in total. The number of nitrogens with zero attached hydrogens (tertiary/aromatic N) is 2. The molecular formula is C17H17N3O. The van der Waals surface area contributed by atoms with Gasteiger partial charge in [0, 0.05) is 6.54 Å². The van der Waals surface area contributed by atoms with Gasteiger partial charge in [-0.05, 0) is 31.0 Å². The van der Waals surface area contributed by atoms with E-state index >= 15 is 0 Å². The topological polar surface area (TPSA) is 46.9 Å². The molecule has 1 amide bonds. The number of hydrogen-bond acceptors (Lipinski definition) is 2. The van der Waals surface area contributed by atoms with Crippen LogP contribution in [0.1, 0.15) is 11.4 Å². The van der Waals surface area contributed by atoms with Crippen LogP contribution in [0.2, 0.25) is 0 Å². The van der Waals surface area contributed by atoms with Gasteiger partial charge in [0.05, 0.1) is 11.0 Å². The van der Waals surface area contributed by atoms with Crippen LogP contribution in [-0.4, -0.2) is 22.1 Å².